The summed E-state index contributed by atoms with van der Waals surface area (Å²) in [6, 6.07) is 20.2. The molecule has 0 aliphatic carbocycles. The highest BCUT2D eigenvalue weighted by Gasteiger charge is 2.26. The Bertz CT molecular complexity index is 1570. The maximum absolute atomic E-state index is 13.4. The number of sulfonamides is 1. The minimum Gasteiger partial charge on any atom is -0.463 e. The van der Waals surface area contributed by atoms with E-state index in [1.807, 2.05) is 19.1 Å². The zero-order valence-electron chi connectivity index (χ0n) is 19.3. The van der Waals surface area contributed by atoms with Crippen LogP contribution >= 0.6 is 0 Å². The summed E-state index contributed by atoms with van der Waals surface area (Å²) in [6.45, 7) is 3.83. The van der Waals surface area contributed by atoms with Gasteiger partial charge in [-0.2, -0.15) is 0 Å². The van der Waals surface area contributed by atoms with E-state index in [4.69, 9.17) is 4.42 Å². The van der Waals surface area contributed by atoms with Gasteiger partial charge in [0, 0.05) is 12.6 Å². The Morgan fingerprint density at radius 2 is 1.74 bits per heavy atom. The van der Waals surface area contributed by atoms with Crippen LogP contribution in [0, 0.1) is 6.92 Å². The van der Waals surface area contributed by atoms with E-state index >= 15 is 0 Å². The molecule has 1 N–H and O–H groups in total. The van der Waals surface area contributed by atoms with Gasteiger partial charge in [-0.25, -0.2) is 8.42 Å². The van der Waals surface area contributed by atoms with Crippen LogP contribution in [0.3, 0.4) is 0 Å². The number of nitrogens with one attached hydrogen (secondary N) is 1. The number of fused-ring (bicyclic) bond motifs is 1. The van der Waals surface area contributed by atoms with Crippen LogP contribution in [-0.4, -0.2) is 20.9 Å². The predicted octanol–water partition coefficient (Wildman–Crippen LogP) is 4.97. The van der Waals surface area contributed by atoms with E-state index < -0.39 is 15.9 Å². The first-order valence-electron chi connectivity index (χ1n) is 11.0. The summed E-state index contributed by atoms with van der Waals surface area (Å²) >= 11 is 0. The number of nitrogens with zero attached hydrogens (tertiary/aromatic N) is 1. The fourth-order valence-electron chi connectivity index (χ4n) is 3.71. The molecule has 3 aromatic carbocycles. The summed E-state index contributed by atoms with van der Waals surface area (Å²) in [5, 5.41) is 3.04. The molecule has 0 fully saturated rings. The second-order valence-corrected chi connectivity index (χ2v) is 9.67. The lowest BCUT2D eigenvalue weighted by atomic mass is 10.1. The topological polar surface area (TPSA) is 96.7 Å². The minimum atomic E-state index is -3.95. The van der Waals surface area contributed by atoms with Crippen LogP contribution in [0.25, 0.3) is 17.0 Å². The van der Waals surface area contributed by atoms with Crippen molar-refractivity contribution in [3.8, 4) is 0 Å². The average molecular weight is 489 g/mol. The van der Waals surface area contributed by atoms with Gasteiger partial charge in [0.25, 0.3) is 10.0 Å². The third-order valence-corrected chi connectivity index (χ3v) is 7.37. The summed E-state index contributed by atoms with van der Waals surface area (Å²) in [4.78, 5) is 25.4. The second kappa shape index (κ2) is 9.99. The Labute approximate surface area is 203 Å². The number of rotatable bonds is 7. The van der Waals surface area contributed by atoms with Crippen LogP contribution in [0.1, 0.15) is 18.1 Å². The molecule has 1 amide bonds. The number of anilines is 2. The molecule has 178 valence electrons. The lowest BCUT2D eigenvalue weighted by Crippen LogP contribution is -2.31. The van der Waals surface area contributed by atoms with Crippen LogP contribution in [0.2, 0.25) is 0 Å². The van der Waals surface area contributed by atoms with Crippen molar-refractivity contribution in [2.24, 2.45) is 0 Å². The fraction of sp³-hybridized carbons (Fsp3) is 0.111. The fourth-order valence-corrected chi connectivity index (χ4v) is 5.34. The molecule has 1 heterocycles. The Morgan fingerprint density at radius 1 is 1.03 bits per heavy atom. The van der Waals surface area contributed by atoms with Crippen molar-refractivity contribution >= 4 is 44.4 Å². The van der Waals surface area contributed by atoms with E-state index in [0.717, 1.165) is 5.56 Å². The van der Waals surface area contributed by atoms with Crippen molar-refractivity contribution in [3.05, 3.63) is 106 Å². The summed E-state index contributed by atoms with van der Waals surface area (Å²) < 4.78 is 33.7. The summed E-state index contributed by atoms with van der Waals surface area (Å²) in [7, 11) is -3.95. The standard InChI is InChI=1S/C27H24N2O5S/c1-3-29(21-9-5-4-6-10-21)35(32,33)25-12-8-7-11-23(25)28-26(30)16-14-20-18-34-24-15-13-19(2)17-22(24)27(20)31/h4-18H,3H2,1-2H3,(H,28,30)/b16-14+. The Balaban J connectivity index is 1.61. The highest BCUT2D eigenvalue weighted by atomic mass is 32.2. The normalized spacial score (nSPS) is 11.6. The molecule has 0 aliphatic rings. The van der Waals surface area contributed by atoms with E-state index in [1.165, 1.54) is 34.9 Å². The Hall–Kier alpha value is -4.17. The molecule has 4 aromatic rings. The number of benzene rings is 3. The third-order valence-electron chi connectivity index (χ3n) is 5.41. The first-order chi connectivity index (χ1) is 16.8. The SMILES string of the molecule is CCN(c1ccccc1)S(=O)(=O)c1ccccc1NC(=O)/C=C/c1coc2ccc(C)cc2c1=O. The quantitative estimate of drug-likeness (QED) is 0.371. The van der Waals surface area contributed by atoms with Gasteiger partial charge in [-0.1, -0.05) is 42.0 Å². The number of hydrogen-bond donors (Lipinski definition) is 1. The number of carbonyl (C=O) groups is 1. The lowest BCUT2D eigenvalue weighted by molar-refractivity contribution is -0.111. The van der Waals surface area contributed by atoms with E-state index in [2.05, 4.69) is 5.32 Å². The van der Waals surface area contributed by atoms with Gasteiger partial charge in [-0.05, 0) is 56.3 Å². The van der Waals surface area contributed by atoms with Gasteiger partial charge in [-0.15, -0.1) is 0 Å². The Kier molecular flexibility index (Phi) is 6.84. The summed E-state index contributed by atoms with van der Waals surface area (Å²) in [6.07, 6.45) is 3.82. The van der Waals surface area contributed by atoms with Crippen molar-refractivity contribution in [1.29, 1.82) is 0 Å². The van der Waals surface area contributed by atoms with Crippen molar-refractivity contribution < 1.29 is 17.6 Å². The smallest absolute Gasteiger partial charge is 0.266 e. The minimum absolute atomic E-state index is 0.0341. The first kappa shape index (κ1) is 24.0. The molecule has 1 aromatic heterocycles. The highest BCUT2D eigenvalue weighted by molar-refractivity contribution is 7.93. The molecular weight excluding hydrogens is 464 g/mol. The van der Waals surface area contributed by atoms with Gasteiger partial charge in [0.2, 0.25) is 5.91 Å². The van der Waals surface area contributed by atoms with E-state index in [9.17, 15) is 18.0 Å². The highest BCUT2D eigenvalue weighted by Crippen LogP contribution is 2.28. The van der Waals surface area contributed by atoms with Gasteiger partial charge in [0.1, 0.15) is 16.7 Å². The van der Waals surface area contributed by atoms with E-state index in [0.29, 0.717) is 16.7 Å². The van der Waals surface area contributed by atoms with Crippen LogP contribution in [-0.2, 0) is 14.8 Å². The molecule has 7 nitrogen and oxygen atoms in total. The van der Waals surface area contributed by atoms with Crippen molar-refractivity contribution in [1.82, 2.24) is 0 Å². The second-order valence-electron chi connectivity index (χ2n) is 7.84. The molecule has 4 rings (SSSR count). The Morgan fingerprint density at radius 3 is 2.49 bits per heavy atom. The number of carbonyl (C=O) groups excluding carboxylic acids is 1. The maximum atomic E-state index is 13.4. The third kappa shape index (κ3) is 5.02. The van der Waals surface area contributed by atoms with Gasteiger partial charge in [-0.3, -0.25) is 13.9 Å². The molecule has 0 bridgehead atoms. The molecule has 0 saturated heterocycles. The van der Waals surface area contributed by atoms with Crippen LogP contribution in [0.15, 0.2) is 99.2 Å². The predicted molar refractivity (Wildman–Crippen MR) is 138 cm³/mol. The average Bonchev–Trinajstić information content (AvgIpc) is 2.85. The van der Waals surface area contributed by atoms with Crippen molar-refractivity contribution in [2.45, 2.75) is 18.7 Å². The van der Waals surface area contributed by atoms with Crippen LogP contribution in [0.5, 0.6) is 0 Å². The summed E-state index contributed by atoms with van der Waals surface area (Å²) in [5.74, 6) is -0.584. The molecule has 0 unspecified atom stereocenters. The molecule has 0 saturated carbocycles. The number of para-hydroxylation sites is 2. The zero-order valence-corrected chi connectivity index (χ0v) is 20.1. The molecule has 0 aliphatic heterocycles. The monoisotopic (exact) mass is 488 g/mol. The van der Waals surface area contributed by atoms with E-state index in [1.54, 1.807) is 55.5 Å². The van der Waals surface area contributed by atoms with Gasteiger partial charge in [0.05, 0.1) is 22.3 Å². The molecular formula is C27H24N2O5S. The summed E-state index contributed by atoms with van der Waals surface area (Å²) in [5.41, 5.74) is 1.98. The van der Waals surface area contributed by atoms with Gasteiger partial charge >= 0.3 is 0 Å². The number of hydrogen-bond acceptors (Lipinski definition) is 5. The van der Waals surface area contributed by atoms with Crippen molar-refractivity contribution in [2.75, 3.05) is 16.2 Å². The van der Waals surface area contributed by atoms with Crippen LogP contribution in [0.4, 0.5) is 11.4 Å². The largest absolute Gasteiger partial charge is 0.463 e. The lowest BCUT2D eigenvalue weighted by Gasteiger charge is -2.24. The molecule has 0 spiro atoms. The van der Waals surface area contributed by atoms with E-state index in [-0.39, 0.29) is 28.1 Å². The maximum Gasteiger partial charge on any atom is 0.266 e. The first-order valence-corrected chi connectivity index (χ1v) is 12.4. The molecule has 35 heavy (non-hydrogen) atoms. The van der Waals surface area contributed by atoms with Crippen molar-refractivity contribution in [3.63, 3.8) is 0 Å². The molecule has 0 radical (unpaired) electrons. The number of aryl methyl sites for hydroxylation is 1. The molecule has 8 heteroatoms. The number of amides is 1. The zero-order chi connectivity index (χ0) is 25.0. The molecule has 0 atom stereocenters. The van der Waals surface area contributed by atoms with Gasteiger partial charge in [0.15, 0.2) is 5.43 Å². The van der Waals surface area contributed by atoms with Crippen LogP contribution < -0.4 is 15.1 Å². The van der Waals surface area contributed by atoms with Gasteiger partial charge < -0.3 is 9.73 Å².